The lowest BCUT2D eigenvalue weighted by Gasteiger charge is -2.11. The molecule has 0 saturated carbocycles. The Balaban J connectivity index is 1.37. The summed E-state index contributed by atoms with van der Waals surface area (Å²) in [6.07, 6.45) is 5.96. The number of aromatic carboxylic acids is 1. The molecule has 0 unspecified atom stereocenters. The summed E-state index contributed by atoms with van der Waals surface area (Å²) in [5.41, 5.74) is 8.01. The summed E-state index contributed by atoms with van der Waals surface area (Å²) in [7, 11) is 0. The van der Waals surface area contributed by atoms with Crippen LogP contribution in [0, 0.1) is 0 Å². The van der Waals surface area contributed by atoms with E-state index in [0.29, 0.717) is 12.1 Å². The van der Waals surface area contributed by atoms with E-state index < -0.39 is 5.97 Å². The van der Waals surface area contributed by atoms with Crippen molar-refractivity contribution >= 4 is 22.6 Å². The minimum atomic E-state index is -0.921. The van der Waals surface area contributed by atoms with E-state index in [0.717, 1.165) is 63.3 Å². The standard InChI is InChI=1S/C31H26N4O2/c1-2-7-30-32-26-16-15-23(27-20-34-17-6-5-10-29(34)33-27)18-28(26)35(30)19-21-11-13-22(14-12-21)24-8-3-4-9-25(24)31(36)37/h3-6,8-18,20H,2,7,19H2,1H3,(H,36,37). The highest BCUT2D eigenvalue weighted by Gasteiger charge is 2.14. The molecular weight excluding hydrogens is 460 g/mol. The highest BCUT2D eigenvalue weighted by atomic mass is 16.4. The van der Waals surface area contributed by atoms with E-state index in [1.165, 1.54) is 0 Å². The number of nitrogens with zero attached hydrogens (tertiary/aromatic N) is 4. The van der Waals surface area contributed by atoms with Crippen LogP contribution in [0.1, 0.15) is 35.1 Å². The third-order valence-electron chi connectivity index (χ3n) is 6.72. The number of hydrogen-bond donors (Lipinski definition) is 1. The summed E-state index contributed by atoms with van der Waals surface area (Å²) in [5, 5.41) is 9.56. The molecule has 0 amide bonds. The van der Waals surface area contributed by atoms with E-state index in [4.69, 9.17) is 9.97 Å². The Morgan fingerprint density at radius 1 is 0.892 bits per heavy atom. The zero-order valence-electron chi connectivity index (χ0n) is 20.5. The Hall–Kier alpha value is -4.71. The van der Waals surface area contributed by atoms with Crippen LogP contribution >= 0.6 is 0 Å². The smallest absolute Gasteiger partial charge is 0.336 e. The van der Waals surface area contributed by atoms with Gasteiger partial charge in [-0.25, -0.2) is 14.8 Å². The van der Waals surface area contributed by atoms with Gasteiger partial charge in [-0.05, 0) is 53.4 Å². The molecule has 6 aromatic rings. The van der Waals surface area contributed by atoms with E-state index >= 15 is 0 Å². The maximum atomic E-state index is 11.7. The predicted octanol–water partition coefficient (Wildman–Crippen LogP) is 6.72. The molecule has 0 aliphatic carbocycles. The lowest BCUT2D eigenvalue weighted by atomic mass is 9.99. The van der Waals surface area contributed by atoms with Crippen molar-refractivity contribution in [2.24, 2.45) is 0 Å². The molecule has 0 aliphatic rings. The SMILES string of the molecule is CCCc1nc2ccc(-c3cn4ccccc4n3)cc2n1Cc1ccc(-c2ccccc2C(=O)O)cc1. The Kier molecular flexibility index (Phi) is 5.77. The molecule has 3 aromatic heterocycles. The quantitative estimate of drug-likeness (QED) is 0.272. The van der Waals surface area contributed by atoms with Crippen molar-refractivity contribution in [2.45, 2.75) is 26.3 Å². The van der Waals surface area contributed by atoms with Crippen LogP contribution in [0.5, 0.6) is 0 Å². The molecule has 6 rings (SSSR count). The van der Waals surface area contributed by atoms with Gasteiger partial charge < -0.3 is 14.1 Å². The summed E-state index contributed by atoms with van der Waals surface area (Å²) < 4.78 is 4.32. The fourth-order valence-corrected chi connectivity index (χ4v) is 4.89. The molecule has 0 saturated heterocycles. The number of fused-ring (bicyclic) bond motifs is 2. The third-order valence-corrected chi connectivity index (χ3v) is 6.72. The molecule has 1 N–H and O–H groups in total. The van der Waals surface area contributed by atoms with Crippen LogP contribution in [0.2, 0.25) is 0 Å². The monoisotopic (exact) mass is 486 g/mol. The summed E-state index contributed by atoms with van der Waals surface area (Å²) in [4.78, 5) is 21.4. The van der Waals surface area contributed by atoms with Gasteiger partial charge in [0.15, 0.2) is 0 Å². The maximum absolute atomic E-state index is 11.7. The molecule has 37 heavy (non-hydrogen) atoms. The normalized spacial score (nSPS) is 11.4. The van der Waals surface area contributed by atoms with Crippen molar-refractivity contribution in [1.82, 2.24) is 18.9 Å². The highest BCUT2D eigenvalue weighted by Crippen LogP contribution is 2.28. The molecule has 6 heteroatoms. The number of hydrogen-bond acceptors (Lipinski definition) is 3. The van der Waals surface area contributed by atoms with Crippen LogP contribution in [-0.2, 0) is 13.0 Å². The van der Waals surface area contributed by atoms with Crippen molar-refractivity contribution in [1.29, 1.82) is 0 Å². The minimum absolute atomic E-state index is 0.306. The van der Waals surface area contributed by atoms with Gasteiger partial charge in [0.1, 0.15) is 11.5 Å². The molecule has 0 aliphatic heterocycles. The van der Waals surface area contributed by atoms with Gasteiger partial charge in [0.2, 0.25) is 0 Å². The Morgan fingerprint density at radius 2 is 1.68 bits per heavy atom. The molecule has 0 bridgehead atoms. The van der Waals surface area contributed by atoms with Gasteiger partial charge in [0.25, 0.3) is 0 Å². The molecule has 0 fully saturated rings. The Labute approximate surface area is 214 Å². The fourth-order valence-electron chi connectivity index (χ4n) is 4.89. The zero-order chi connectivity index (χ0) is 25.4. The van der Waals surface area contributed by atoms with E-state index in [-0.39, 0.29) is 0 Å². The van der Waals surface area contributed by atoms with Crippen molar-refractivity contribution in [3.05, 3.63) is 114 Å². The number of aryl methyl sites for hydroxylation is 1. The first-order valence-electron chi connectivity index (χ1n) is 12.5. The second-order valence-corrected chi connectivity index (χ2v) is 9.21. The van der Waals surface area contributed by atoms with Crippen LogP contribution in [0.25, 0.3) is 39.1 Å². The molecule has 6 nitrogen and oxygen atoms in total. The third kappa shape index (κ3) is 4.27. The number of imidazole rings is 2. The van der Waals surface area contributed by atoms with Crippen LogP contribution in [-0.4, -0.2) is 30.0 Å². The second kappa shape index (κ2) is 9.39. The van der Waals surface area contributed by atoms with Crippen LogP contribution in [0.4, 0.5) is 0 Å². The van der Waals surface area contributed by atoms with E-state index in [2.05, 4.69) is 48.0 Å². The first-order chi connectivity index (χ1) is 18.1. The van der Waals surface area contributed by atoms with Crippen LogP contribution < -0.4 is 0 Å². The number of rotatable bonds is 7. The molecule has 0 radical (unpaired) electrons. The molecule has 3 heterocycles. The van der Waals surface area contributed by atoms with Crippen LogP contribution in [0.3, 0.4) is 0 Å². The molecule has 3 aromatic carbocycles. The first-order valence-corrected chi connectivity index (χ1v) is 12.5. The molecule has 0 spiro atoms. The van der Waals surface area contributed by atoms with Gasteiger partial charge in [-0.1, -0.05) is 61.5 Å². The van der Waals surface area contributed by atoms with Gasteiger partial charge in [0, 0.05) is 30.9 Å². The zero-order valence-corrected chi connectivity index (χ0v) is 20.5. The minimum Gasteiger partial charge on any atom is -0.478 e. The van der Waals surface area contributed by atoms with Gasteiger partial charge in [-0.15, -0.1) is 0 Å². The lowest BCUT2D eigenvalue weighted by molar-refractivity contribution is 0.0697. The molecular formula is C31H26N4O2. The predicted molar refractivity (Wildman–Crippen MR) is 146 cm³/mol. The number of carbonyl (C=O) groups is 1. The average molecular weight is 487 g/mol. The number of pyridine rings is 1. The summed E-state index contributed by atoms with van der Waals surface area (Å²) in [5.74, 6) is 0.139. The van der Waals surface area contributed by atoms with Gasteiger partial charge in [-0.3, -0.25) is 0 Å². The number of aromatic nitrogens is 4. The number of benzene rings is 3. The van der Waals surface area contributed by atoms with Crippen LogP contribution in [0.15, 0.2) is 97.3 Å². The van der Waals surface area contributed by atoms with Gasteiger partial charge >= 0.3 is 5.97 Å². The molecule has 0 atom stereocenters. The summed E-state index contributed by atoms with van der Waals surface area (Å²) in [6, 6.07) is 27.6. The Bertz CT molecular complexity index is 1710. The number of carboxylic acids is 1. The molecule has 182 valence electrons. The van der Waals surface area contributed by atoms with Gasteiger partial charge in [-0.2, -0.15) is 0 Å². The topological polar surface area (TPSA) is 72.4 Å². The second-order valence-electron chi connectivity index (χ2n) is 9.21. The van der Waals surface area contributed by atoms with Crippen molar-refractivity contribution in [3.63, 3.8) is 0 Å². The lowest BCUT2D eigenvalue weighted by Crippen LogP contribution is -2.05. The van der Waals surface area contributed by atoms with Crippen molar-refractivity contribution in [2.75, 3.05) is 0 Å². The fraction of sp³-hybridized carbons (Fsp3) is 0.129. The van der Waals surface area contributed by atoms with Crippen molar-refractivity contribution < 1.29 is 9.90 Å². The number of carboxylic acid groups (broad SMARTS) is 1. The van der Waals surface area contributed by atoms with Gasteiger partial charge in [0.05, 0.1) is 22.3 Å². The largest absolute Gasteiger partial charge is 0.478 e. The first kappa shape index (κ1) is 22.7. The van der Waals surface area contributed by atoms with E-state index in [1.54, 1.807) is 12.1 Å². The van der Waals surface area contributed by atoms with E-state index in [1.807, 2.05) is 53.1 Å². The Morgan fingerprint density at radius 3 is 2.46 bits per heavy atom. The van der Waals surface area contributed by atoms with Crippen molar-refractivity contribution in [3.8, 4) is 22.4 Å². The van der Waals surface area contributed by atoms with E-state index in [9.17, 15) is 9.90 Å². The highest BCUT2D eigenvalue weighted by molar-refractivity contribution is 5.96. The average Bonchev–Trinajstić information content (AvgIpc) is 3.50. The summed E-state index contributed by atoms with van der Waals surface area (Å²) >= 11 is 0. The maximum Gasteiger partial charge on any atom is 0.336 e. The summed E-state index contributed by atoms with van der Waals surface area (Å²) in [6.45, 7) is 2.85.